The highest BCUT2D eigenvalue weighted by Gasteiger charge is 2.24. The number of aryl methyl sites for hydroxylation is 1. The summed E-state index contributed by atoms with van der Waals surface area (Å²) in [7, 11) is 3.47. The number of benzene rings is 3. The number of rotatable bonds is 15. The molecule has 4 rings (SSSR count). The van der Waals surface area contributed by atoms with Gasteiger partial charge in [-0.1, -0.05) is 92.8 Å². The van der Waals surface area contributed by atoms with Gasteiger partial charge in [-0.15, -0.1) is 0 Å². The summed E-state index contributed by atoms with van der Waals surface area (Å²) >= 11 is 0. The summed E-state index contributed by atoms with van der Waals surface area (Å²) < 4.78 is 10.3. The van der Waals surface area contributed by atoms with Crippen LogP contribution >= 0.6 is 0 Å². The van der Waals surface area contributed by atoms with Crippen LogP contribution in [0.3, 0.4) is 0 Å². The number of methoxy groups -OCH3 is 1. The van der Waals surface area contributed by atoms with Gasteiger partial charge in [0.1, 0.15) is 12.6 Å². The lowest BCUT2D eigenvalue weighted by molar-refractivity contribution is -0.143. The minimum atomic E-state index is -0.866. The van der Waals surface area contributed by atoms with Gasteiger partial charge in [0, 0.05) is 18.7 Å². The highest BCUT2D eigenvalue weighted by molar-refractivity contribution is 6.03. The summed E-state index contributed by atoms with van der Waals surface area (Å²) in [6.45, 7) is 4.34. The van der Waals surface area contributed by atoms with Crippen LogP contribution in [0.4, 0.5) is 4.79 Å². The van der Waals surface area contributed by atoms with Crippen molar-refractivity contribution in [2.75, 3.05) is 27.2 Å². The summed E-state index contributed by atoms with van der Waals surface area (Å²) in [5, 5.41) is 5.60. The molecule has 0 heterocycles. The zero-order valence-electron chi connectivity index (χ0n) is 27.6. The van der Waals surface area contributed by atoms with Crippen LogP contribution in [0.1, 0.15) is 78.4 Å². The molecule has 0 saturated heterocycles. The lowest BCUT2D eigenvalue weighted by Crippen LogP contribution is -2.42. The van der Waals surface area contributed by atoms with Crippen molar-refractivity contribution < 1.29 is 23.9 Å². The Kier molecular flexibility index (Phi) is 13.6. The average molecular weight is 628 g/mol. The van der Waals surface area contributed by atoms with Gasteiger partial charge >= 0.3 is 12.1 Å². The van der Waals surface area contributed by atoms with E-state index in [1.807, 2.05) is 73.7 Å². The molecule has 0 bridgehead atoms. The fourth-order valence-electron chi connectivity index (χ4n) is 6.15. The molecule has 2 amide bonds. The molecule has 0 aromatic heterocycles. The largest absolute Gasteiger partial charge is 0.467 e. The first kappa shape index (κ1) is 34.7. The van der Waals surface area contributed by atoms with Gasteiger partial charge in [-0.3, -0.25) is 4.79 Å². The van der Waals surface area contributed by atoms with E-state index in [4.69, 9.17) is 9.47 Å². The Morgan fingerprint density at radius 3 is 2.39 bits per heavy atom. The minimum absolute atomic E-state index is 0.173. The summed E-state index contributed by atoms with van der Waals surface area (Å²) in [5.41, 5.74) is 5.41. The first-order valence-corrected chi connectivity index (χ1v) is 16.5. The monoisotopic (exact) mass is 627 g/mol. The van der Waals surface area contributed by atoms with Crippen LogP contribution < -0.4 is 10.6 Å². The maximum absolute atomic E-state index is 13.7. The van der Waals surface area contributed by atoms with E-state index in [1.165, 1.54) is 45.6 Å². The van der Waals surface area contributed by atoms with E-state index in [1.54, 1.807) is 0 Å². The minimum Gasteiger partial charge on any atom is -0.467 e. The Bertz CT molecular complexity index is 1420. The summed E-state index contributed by atoms with van der Waals surface area (Å²) in [4.78, 5) is 40.9. The Morgan fingerprint density at radius 2 is 1.65 bits per heavy atom. The molecule has 1 atom stereocenters. The Morgan fingerprint density at radius 1 is 0.913 bits per heavy atom. The van der Waals surface area contributed by atoms with Crippen LogP contribution in [0.5, 0.6) is 0 Å². The molecule has 0 spiro atoms. The fraction of sp³-hybridized carbons (Fsp3) is 0.447. The molecule has 0 radical (unpaired) electrons. The smallest absolute Gasteiger partial charge is 0.407 e. The van der Waals surface area contributed by atoms with Crippen molar-refractivity contribution in [3.05, 3.63) is 95.1 Å². The van der Waals surface area contributed by atoms with Gasteiger partial charge in [-0.25, -0.2) is 9.59 Å². The number of ether oxygens (including phenoxy) is 2. The van der Waals surface area contributed by atoms with E-state index in [-0.39, 0.29) is 19.1 Å². The Hall–Kier alpha value is -4.17. The third kappa shape index (κ3) is 10.7. The molecule has 46 heavy (non-hydrogen) atoms. The third-order valence-corrected chi connectivity index (χ3v) is 8.80. The van der Waals surface area contributed by atoms with Gasteiger partial charge in [0.2, 0.25) is 0 Å². The standard InChI is InChI=1S/C38H49N3O5/c1-28-13-10-11-18-32(28)34-25-31(26-41(2)24-22-29-14-6-4-7-15-29)20-21-33(34)36(42)40-35(37(43)45-3)19-12-23-39-38(44)46-27-30-16-8-5-9-17-30/h5,8-11,13,16-18,20-21,25,29,35H,4,6-7,12,14-15,19,22-24,26-27H2,1-3H3,(H,39,44)(H,40,42). The number of hydrogen-bond donors (Lipinski definition) is 2. The number of nitrogens with one attached hydrogen (secondary N) is 2. The molecule has 3 aromatic rings. The first-order chi connectivity index (χ1) is 22.3. The highest BCUT2D eigenvalue weighted by atomic mass is 16.5. The van der Waals surface area contributed by atoms with E-state index in [2.05, 4.69) is 28.6 Å². The molecule has 1 aliphatic rings. The number of esters is 1. The van der Waals surface area contributed by atoms with Gasteiger partial charge < -0.3 is 25.0 Å². The molecule has 8 heteroatoms. The van der Waals surface area contributed by atoms with Crippen molar-refractivity contribution in [3.63, 3.8) is 0 Å². The van der Waals surface area contributed by atoms with Gasteiger partial charge in [0.25, 0.3) is 5.91 Å². The van der Waals surface area contributed by atoms with Crippen molar-refractivity contribution in [1.29, 1.82) is 0 Å². The van der Waals surface area contributed by atoms with Crippen LogP contribution in [0.25, 0.3) is 11.1 Å². The molecule has 1 aliphatic carbocycles. The molecule has 1 saturated carbocycles. The second kappa shape index (κ2) is 18.1. The van der Waals surface area contributed by atoms with E-state index in [9.17, 15) is 14.4 Å². The maximum atomic E-state index is 13.7. The Labute approximate surface area is 273 Å². The molecule has 2 N–H and O–H groups in total. The second-order valence-corrected chi connectivity index (χ2v) is 12.4. The van der Waals surface area contributed by atoms with E-state index < -0.39 is 18.1 Å². The van der Waals surface area contributed by atoms with E-state index in [0.29, 0.717) is 18.4 Å². The van der Waals surface area contributed by atoms with Gasteiger partial charge in [0.15, 0.2) is 0 Å². The normalized spacial score (nSPS) is 14.0. The van der Waals surface area contributed by atoms with Crippen molar-refractivity contribution in [2.24, 2.45) is 5.92 Å². The maximum Gasteiger partial charge on any atom is 0.407 e. The topological polar surface area (TPSA) is 97.0 Å². The fourth-order valence-corrected chi connectivity index (χ4v) is 6.15. The lowest BCUT2D eigenvalue weighted by Gasteiger charge is -2.25. The summed E-state index contributed by atoms with van der Waals surface area (Å²) in [5.74, 6) is -0.0495. The van der Waals surface area contributed by atoms with Crippen molar-refractivity contribution in [1.82, 2.24) is 15.5 Å². The number of hydrogen-bond acceptors (Lipinski definition) is 6. The molecule has 0 aliphatic heterocycles. The molecular formula is C38H49N3O5. The quantitative estimate of drug-likeness (QED) is 0.139. The number of amides is 2. The molecule has 3 aromatic carbocycles. The van der Waals surface area contributed by atoms with Crippen LogP contribution in [-0.4, -0.2) is 56.2 Å². The highest BCUT2D eigenvalue weighted by Crippen LogP contribution is 2.30. The molecule has 8 nitrogen and oxygen atoms in total. The molecule has 246 valence electrons. The van der Waals surface area contributed by atoms with Crippen molar-refractivity contribution in [2.45, 2.75) is 77.5 Å². The zero-order valence-corrected chi connectivity index (χ0v) is 27.6. The Balaban J connectivity index is 1.38. The molecule has 1 fully saturated rings. The van der Waals surface area contributed by atoms with Crippen molar-refractivity contribution >= 4 is 18.0 Å². The van der Waals surface area contributed by atoms with Gasteiger partial charge in [-0.05, 0) is 85.6 Å². The summed E-state index contributed by atoms with van der Waals surface area (Å²) in [6, 6.07) is 22.6. The van der Waals surface area contributed by atoms with E-state index >= 15 is 0 Å². The second-order valence-electron chi connectivity index (χ2n) is 12.4. The predicted molar refractivity (Wildman–Crippen MR) is 181 cm³/mol. The zero-order chi connectivity index (χ0) is 32.7. The molecular weight excluding hydrogens is 578 g/mol. The molecule has 1 unspecified atom stereocenters. The van der Waals surface area contributed by atoms with Gasteiger partial charge in [-0.2, -0.15) is 0 Å². The average Bonchev–Trinajstić information content (AvgIpc) is 3.08. The number of alkyl carbamates (subject to hydrolysis) is 1. The first-order valence-electron chi connectivity index (χ1n) is 16.5. The van der Waals surface area contributed by atoms with Crippen LogP contribution in [0.2, 0.25) is 0 Å². The predicted octanol–water partition coefficient (Wildman–Crippen LogP) is 7.04. The number of carbonyl (C=O) groups is 3. The summed E-state index contributed by atoms with van der Waals surface area (Å²) in [6.07, 6.45) is 8.20. The van der Waals surface area contributed by atoms with Crippen LogP contribution in [0, 0.1) is 12.8 Å². The van der Waals surface area contributed by atoms with Crippen LogP contribution in [0.15, 0.2) is 72.8 Å². The lowest BCUT2D eigenvalue weighted by atomic mass is 9.87. The van der Waals surface area contributed by atoms with Gasteiger partial charge in [0.05, 0.1) is 7.11 Å². The SMILES string of the molecule is COC(=O)C(CCCNC(=O)OCc1ccccc1)NC(=O)c1ccc(CN(C)CCC2CCCCC2)cc1-c1ccccc1C. The van der Waals surface area contributed by atoms with E-state index in [0.717, 1.165) is 46.8 Å². The van der Waals surface area contributed by atoms with Crippen molar-refractivity contribution in [3.8, 4) is 11.1 Å². The van der Waals surface area contributed by atoms with Crippen LogP contribution in [-0.2, 0) is 27.4 Å². The number of carbonyl (C=O) groups excluding carboxylic acids is 3. The number of nitrogens with zero attached hydrogens (tertiary/aromatic N) is 1. The third-order valence-electron chi connectivity index (χ3n) is 8.80.